The Kier molecular flexibility index (Phi) is 3.95. The van der Waals surface area contributed by atoms with Gasteiger partial charge in [0.15, 0.2) is 0 Å². The molecule has 1 heterocycles. The molecule has 2 aliphatic carbocycles. The van der Waals surface area contributed by atoms with E-state index in [9.17, 15) is 10.1 Å². The lowest BCUT2D eigenvalue weighted by atomic mass is 9.70. The SMILES string of the molecule is CC12CCC(C/C1=N\C1=NNC(c3cccc([N+](=O)[O-])c3)=CS1)C2(C)C. The minimum absolute atomic E-state index is 0.0716. The van der Waals surface area contributed by atoms with Crippen LogP contribution in [-0.4, -0.2) is 15.8 Å². The minimum Gasteiger partial charge on any atom is -0.275 e. The Labute approximate surface area is 157 Å². The highest BCUT2D eigenvalue weighted by Gasteiger charge is 2.59. The molecule has 1 aromatic carbocycles. The molecule has 136 valence electrons. The van der Waals surface area contributed by atoms with Crippen LogP contribution in [0.3, 0.4) is 0 Å². The van der Waals surface area contributed by atoms with E-state index in [0.717, 1.165) is 17.7 Å². The maximum atomic E-state index is 10.9. The summed E-state index contributed by atoms with van der Waals surface area (Å²) in [5.74, 6) is 0.712. The fraction of sp³-hybridized carbons (Fsp3) is 0.474. The van der Waals surface area contributed by atoms with Crippen LogP contribution >= 0.6 is 11.8 Å². The Morgan fingerprint density at radius 3 is 2.77 bits per heavy atom. The second kappa shape index (κ2) is 5.94. The summed E-state index contributed by atoms with van der Waals surface area (Å²) in [5.41, 5.74) is 6.29. The minimum atomic E-state index is -0.391. The van der Waals surface area contributed by atoms with Gasteiger partial charge in [0.2, 0.25) is 5.17 Å². The van der Waals surface area contributed by atoms with Crippen LogP contribution in [0.15, 0.2) is 39.8 Å². The molecular weight excluding hydrogens is 348 g/mol. The molecule has 1 aromatic rings. The summed E-state index contributed by atoms with van der Waals surface area (Å²) in [7, 11) is 0. The van der Waals surface area contributed by atoms with Crippen LogP contribution in [0, 0.1) is 26.9 Å². The van der Waals surface area contributed by atoms with Gasteiger partial charge in [-0.05, 0) is 30.6 Å². The van der Waals surface area contributed by atoms with Crippen LogP contribution in [0.1, 0.15) is 45.6 Å². The van der Waals surface area contributed by atoms with Crippen molar-refractivity contribution in [2.75, 3.05) is 0 Å². The second-order valence-corrected chi connectivity index (χ2v) is 8.85. The van der Waals surface area contributed by atoms with Gasteiger partial charge >= 0.3 is 0 Å². The lowest BCUT2D eigenvalue weighted by Crippen LogP contribution is -2.33. The third-order valence-corrected chi connectivity index (χ3v) is 7.41. The summed E-state index contributed by atoms with van der Waals surface area (Å²) in [4.78, 5) is 15.4. The first-order chi connectivity index (χ1) is 12.3. The van der Waals surface area contributed by atoms with Crippen LogP contribution in [0.5, 0.6) is 0 Å². The zero-order valence-electron chi connectivity index (χ0n) is 15.2. The molecule has 2 bridgehead atoms. The summed E-state index contributed by atoms with van der Waals surface area (Å²) in [6.45, 7) is 7.06. The fourth-order valence-electron chi connectivity index (χ4n) is 4.46. The third kappa shape index (κ3) is 2.57. The second-order valence-electron chi connectivity index (χ2n) is 8.02. The van der Waals surface area contributed by atoms with Crippen LogP contribution in [-0.2, 0) is 0 Å². The Morgan fingerprint density at radius 1 is 1.38 bits per heavy atom. The number of rotatable bonds is 2. The molecule has 0 amide bonds. The smallest absolute Gasteiger partial charge is 0.270 e. The maximum absolute atomic E-state index is 10.9. The standard InChI is InChI=1S/C19H22N4O2S/c1-18(2)13-7-8-19(18,3)16(10-13)20-17-22-21-15(11-26-17)12-5-4-6-14(9-12)23(24)25/h4-6,9,11,13,21H,7-8,10H2,1-3H3/b20-16+. The molecule has 1 aliphatic heterocycles. The quantitative estimate of drug-likeness (QED) is 0.600. The van der Waals surface area contributed by atoms with Gasteiger partial charge in [0, 0.05) is 34.2 Å². The third-order valence-electron chi connectivity index (χ3n) is 6.66. The molecule has 7 heteroatoms. The summed E-state index contributed by atoms with van der Waals surface area (Å²) in [6, 6.07) is 6.54. The number of aliphatic imine (C=N–C) groups is 1. The van der Waals surface area contributed by atoms with Gasteiger partial charge in [-0.2, -0.15) is 0 Å². The number of nitrogens with one attached hydrogen (secondary N) is 1. The van der Waals surface area contributed by atoms with E-state index in [1.165, 1.54) is 36.4 Å². The lowest BCUT2D eigenvalue weighted by Gasteiger charge is -2.34. The average molecular weight is 370 g/mol. The molecule has 0 spiro atoms. The molecule has 1 N–H and O–H groups in total. The van der Waals surface area contributed by atoms with Crippen molar-refractivity contribution in [3.8, 4) is 0 Å². The average Bonchev–Trinajstić information content (AvgIpc) is 2.96. The highest BCUT2D eigenvalue weighted by molar-refractivity contribution is 8.16. The normalized spacial score (nSPS) is 30.7. The first-order valence-electron chi connectivity index (χ1n) is 8.85. The van der Waals surface area contributed by atoms with E-state index in [1.54, 1.807) is 12.1 Å². The van der Waals surface area contributed by atoms with Gasteiger partial charge < -0.3 is 0 Å². The van der Waals surface area contributed by atoms with E-state index >= 15 is 0 Å². The summed E-state index contributed by atoms with van der Waals surface area (Å²) in [5, 5.41) is 18.0. The number of benzene rings is 1. The van der Waals surface area contributed by atoms with Crippen molar-refractivity contribution in [3.63, 3.8) is 0 Å². The number of thioether (sulfide) groups is 1. The van der Waals surface area contributed by atoms with Crippen molar-refractivity contribution in [3.05, 3.63) is 45.4 Å². The fourth-order valence-corrected chi connectivity index (χ4v) is 5.13. The van der Waals surface area contributed by atoms with Crippen molar-refractivity contribution in [2.24, 2.45) is 26.8 Å². The Bertz CT molecular complexity index is 874. The zero-order chi connectivity index (χ0) is 18.5. The number of fused-ring (bicyclic) bond motifs is 2. The van der Waals surface area contributed by atoms with E-state index in [2.05, 4.69) is 31.3 Å². The van der Waals surface area contributed by atoms with Gasteiger partial charge in [-0.15, -0.1) is 5.10 Å². The van der Waals surface area contributed by atoms with E-state index in [4.69, 9.17) is 4.99 Å². The number of hydrogen-bond acceptors (Lipinski definition) is 6. The van der Waals surface area contributed by atoms with Crippen molar-refractivity contribution >= 4 is 34.0 Å². The number of nitrogens with zero attached hydrogens (tertiary/aromatic N) is 3. The summed E-state index contributed by atoms with van der Waals surface area (Å²) in [6.07, 6.45) is 3.55. The molecule has 4 rings (SSSR count). The van der Waals surface area contributed by atoms with Gasteiger partial charge in [0.1, 0.15) is 0 Å². The largest absolute Gasteiger partial charge is 0.275 e. The van der Waals surface area contributed by atoms with Crippen LogP contribution in [0.25, 0.3) is 5.70 Å². The van der Waals surface area contributed by atoms with Crippen molar-refractivity contribution in [2.45, 2.75) is 40.0 Å². The Morgan fingerprint density at radius 2 is 2.19 bits per heavy atom. The number of hydrogen-bond donors (Lipinski definition) is 1. The molecule has 0 radical (unpaired) electrons. The van der Waals surface area contributed by atoms with Crippen LogP contribution in [0.4, 0.5) is 5.69 Å². The number of nitro benzene ring substituents is 1. The molecule has 26 heavy (non-hydrogen) atoms. The van der Waals surface area contributed by atoms with E-state index in [0.29, 0.717) is 16.5 Å². The van der Waals surface area contributed by atoms with Gasteiger partial charge in [0.05, 0.1) is 10.6 Å². The predicted octanol–water partition coefficient (Wildman–Crippen LogP) is 4.79. The molecule has 6 nitrogen and oxygen atoms in total. The number of amidine groups is 1. The zero-order valence-corrected chi connectivity index (χ0v) is 16.0. The van der Waals surface area contributed by atoms with E-state index in [-0.39, 0.29) is 11.1 Å². The van der Waals surface area contributed by atoms with Gasteiger partial charge in [-0.3, -0.25) is 15.5 Å². The monoisotopic (exact) mass is 370 g/mol. The first-order valence-corrected chi connectivity index (χ1v) is 9.72. The van der Waals surface area contributed by atoms with E-state index < -0.39 is 4.92 Å². The highest BCUT2D eigenvalue weighted by atomic mass is 32.2. The van der Waals surface area contributed by atoms with Crippen molar-refractivity contribution in [1.29, 1.82) is 0 Å². The molecule has 0 aromatic heterocycles. The number of nitro groups is 1. The molecule has 2 fully saturated rings. The molecule has 3 aliphatic rings. The van der Waals surface area contributed by atoms with Crippen molar-refractivity contribution < 1.29 is 4.92 Å². The Balaban J connectivity index is 1.52. The molecule has 2 unspecified atom stereocenters. The van der Waals surface area contributed by atoms with Crippen molar-refractivity contribution in [1.82, 2.24) is 5.43 Å². The molecule has 0 saturated heterocycles. The van der Waals surface area contributed by atoms with Crippen LogP contribution in [0.2, 0.25) is 0 Å². The Hall–Kier alpha value is -2.15. The highest BCUT2D eigenvalue weighted by Crippen LogP contribution is 2.64. The molecular formula is C19H22N4O2S. The summed E-state index contributed by atoms with van der Waals surface area (Å²) >= 11 is 1.46. The van der Waals surface area contributed by atoms with E-state index in [1.807, 2.05) is 11.5 Å². The number of non-ortho nitro benzene ring substituents is 1. The maximum Gasteiger partial charge on any atom is 0.270 e. The van der Waals surface area contributed by atoms with Crippen LogP contribution < -0.4 is 5.43 Å². The molecule has 2 atom stereocenters. The lowest BCUT2D eigenvalue weighted by molar-refractivity contribution is -0.384. The molecule has 2 saturated carbocycles. The first kappa shape index (κ1) is 17.3. The number of hydrazone groups is 1. The predicted molar refractivity (Wildman–Crippen MR) is 106 cm³/mol. The van der Waals surface area contributed by atoms with Gasteiger partial charge in [-0.1, -0.05) is 44.7 Å². The van der Waals surface area contributed by atoms with Gasteiger partial charge in [-0.25, -0.2) is 4.99 Å². The summed E-state index contributed by atoms with van der Waals surface area (Å²) < 4.78 is 0. The van der Waals surface area contributed by atoms with Gasteiger partial charge in [0.25, 0.3) is 5.69 Å². The topological polar surface area (TPSA) is 79.9 Å².